The fraction of sp³-hybridized carbons (Fsp3) is 0.667. The van der Waals surface area contributed by atoms with E-state index in [-0.39, 0.29) is 18.4 Å². The Morgan fingerprint density at radius 3 is 1.96 bits per heavy atom. The number of esters is 1. The number of hydrogen-bond donors (Lipinski definition) is 0. The van der Waals surface area contributed by atoms with E-state index in [9.17, 15) is 4.79 Å². The number of carbonyl (C=O) groups excluding carboxylic acids is 1. The summed E-state index contributed by atoms with van der Waals surface area (Å²) in [6.07, 6.45) is 19.8. The summed E-state index contributed by atoms with van der Waals surface area (Å²) >= 11 is 0. The minimum absolute atomic E-state index is 0. The van der Waals surface area contributed by atoms with Crippen molar-refractivity contribution in [2.75, 3.05) is 6.61 Å². The Kier molecular flexibility index (Phi) is 16.9. The minimum Gasteiger partial charge on any atom is -1.00 e. The Morgan fingerprint density at radius 1 is 0.893 bits per heavy atom. The molecular formula is C24H40ClNO2. The summed E-state index contributed by atoms with van der Waals surface area (Å²) in [5.41, 5.74) is 0.466. The van der Waals surface area contributed by atoms with Crippen molar-refractivity contribution in [3.63, 3.8) is 0 Å². The molecule has 4 heteroatoms. The van der Waals surface area contributed by atoms with E-state index in [1.165, 1.54) is 64.2 Å². The zero-order chi connectivity index (χ0) is 19.7. The Labute approximate surface area is 179 Å². The van der Waals surface area contributed by atoms with Gasteiger partial charge in [-0.15, -0.1) is 0 Å². The lowest BCUT2D eigenvalue weighted by atomic mass is 10.0. The lowest BCUT2D eigenvalue weighted by molar-refractivity contribution is -0.724. The van der Waals surface area contributed by atoms with Gasteiger partial charge in [-0.25, -0.2) is 9.36 Å². The number of unbranched alkanes of at least 4 members (excludes halogenated alkanes) is 9. The van der Waals surface area contributed by atoms with Gasteiger partial charge >= 0.3 is 5.97 Å². The summed E-state index contributed by atoms with van der Waals surface area (Å²) in [6.45, 7) is 8.05. The van der Waals surface area contributed by atoms with Crippen molar-refractivity contribution >= 4 is 5.97 Å². The summed E-state index contributed by atoms with van der Waals surface area (Å²) in [7, 11) is 0. The molecule has 0 saturated carbocycles. The molecule has 0 aromatic carbocycles. The van der Waals surface area contributed by atoms with E-state index in [0.717, 1.165) is 12.8 Å². The fourth-order valence-corrected chi connectivity index (χ4v) is 3.38. The quantitative estimate of drug-likeness (QED) is 0.181. The van der Waals surface area contributed by atoms with Gasteiger partial charge < -0.3 is 17.1 Å². The highest BCUT2D eigenvalue weighted by Crippen LogP contribution is 2.16. The molecule has 0 radical (unpaired) electrons. The molecule has 1 atom stereocenters. The Hall–Kier alpha value is -1.35. The Balaban J connectivity index is 0.00000729. The molecule has 0 aliphatic heterocycles. The number of halogens is 1. The second-order valence-electron chi connectivity index (χ2n) is 7.65. The van der Waals surface area contributed by atoms with Crippen LogP contribution in [-0.2, 0) is 9.53 Å². The predicted octanol–water partition coefficient (Wildman–Crippen LogP) is 3.34. The topological polar surface area (TPSA) is 30.2 Å². The zero-order valence-corrected chi connectivity index (χ0v) is 18.8. The summed E-state index contributed by atoms with van der Waals surface area (Å²) in [4.78, 5) is 11.6. The molecule has 3 nitrogen and oxygen atoms in total. The molecule has 0 aliphatic rings. The van der Waals surface area contributed by atoms with Crippen LogP contribution in [0, 0.1) is 0 Å². The maximum Gasteiger partial charge on any atom is 0.333 e. The van der Waals surface area contributed by atoms with Crippen LogP contribution in [0.15, 0.2) is 42.7 Å². The van der Waals surface area contributed by atoms with Crippen LogP contribution in [0.5, 0.6) is 0 Å². The van der Waals surface area contributed by atoms with Gasteiger partial charge in [-0.2, -0.15) is 0 Å². The highest BCUT2D eigenvalue weighted by molar-refractivity contribution is 5.86. The van der Waals surface area contributed by atoms with Crippen LogP contribution in [0.25, 0.3) is 0 Å². The first kappa shape index (κ1) is 26.6. The first-order valence-corrected chi connectivity index (χ1v) is 10.9. The number of hydrogen-bond acceptors (Lipinski definition) is 2. The lowest BCUT2D eigenvalue weighted by Crippen LogP contribution is -3.00. The number of ether oxygens (including phenoxy) is 1. The van der Waals surface area contributed by atoms with Crippen molar-refractivity contribution in [3.05, 3.63) is 42.7 Å². The van der Waals surface area contributed by atoms with Gasteiger partial charge in [0.15, 0.2) is 18.4 Å². The number of pyridine rings is 1. The van der Waals surface area contributed by atoms with Crippen LogP contribution in [0.3, 0.4) is 0 Å². The van der Waals surface area contributed by atoms with Crippen LogP contribution in [-0.4, -0.2) is 12.6 Å². The molecule has 0 aliphatic carbocycles. The average Bonchev–Trinajstić information content (AvgIpc) is 2.68. The molecule has 160 valence electrons. The van der Waals surface area contributed by atoms with E-state index in [4.69, 9.17) is 4.74 Å². The predicted molar refractivity (Wildman–Crippen MR) is 113 cm³/mol. The van der Waals surface area contributed by atoms with Gasteiger partial charge in [-0.05, 0) is 13.3 Å². The second-order valence-corrected chi connectivity index (χ2v) is 7.65. The molecule has 0 N–H and O–H groups in total. The SMILES string of the molecule is C=C(C)C(=O)OCCC(CCCCCCCCCCCC)[n+]1ccccc1.[Cl-]. The van der Waals surface area contributed by atoms with Gasteiger partial charge in [-0.1, -0.05) is 77.4 Å². The average molecular weight is 410 g/mol. The van der Waals surface area contributed by atoms with Crippen LogP contribution in [0.1, 0.15) is 96.9 Å². The molecule has 0 bridgehead atoms. The van der Waals surface area contributed by atoms with Crippen molar-refractivity contribution < 1.29 is 26.5 Å². The van der Waals surface area contributed by atoms with E-state index in [1.54, 1.807) is 6.92 Å². The highest BCUT2D eigenvalue weighted by Gasteiger charge is 2.18. The second kappa shape index (κ2) is 17.7. The third kappa shape index (κ3) is 12.9. The van der Waals surface area contributed by atoms with Crippen molar-refractivity contribution in [2.45, 2.75) is 96.9 Å². The zero-order valence-electron chi connectivity index (χ0n) is 18.0. The Bertz CT molecular complexity index is 519. The van der Waals surface area contributed by atoms with Gasteiger partial charge in [-0.3, -0.25) is 0 Å². The summed E-state index contributed by atoms with van der Waals surface area (Å²) < 4.78 is 7.56. The number of nitrogens with zero attached hydrogens (tertiary/aromatic N) is 1. The van der Waals surface area contributed by atoms with Crippen LogP contribution in [0.2, 0.25) is 0 Å². The van der Waals surface area contributed by atoms with Gasteiger partial charge in [0, 0.05) is 30.5 Å². The number of carbonyl (C=O) groups is 1. The molecule has 1 aromatic rings. The third-order valence-corrected chi connectivity index (χ3v) is 5.08. The number of rotatable bonds is 16. The molecule has 0 amide bonds. The first-order valence-electron chi connectivity index (χ1n) is 10.9. The standard InChI is InChI=1S/C24H40NO2.ClH/c1-4-5-6-7-8-9-10-11-12-14-17-23(25-19-15-13-16-20-25)18-21-27-24(26)22(2)3;/h13,15-16,19-20,23H,2,4-12,14,17-18,21H2,1,3H3;1H/q+1;/p-1. The highest BCUT2D eigenvalue weighted by atomic mass is 35.5. The van der Waals surface area contributed by atoms with Crippen molar-refractivity contribution in [3.8, 4) is 0 Å². The largest absolute Gasteiger partial charge is 1.00 e. The van der Waals surface area contributed by atoms with Gasteiger partial charge in [0.25, 0.3) is 0 Å². The summed E-state index contributed by atoms with van der Waals surface area (Å²) in [6, 6.07) is 6.55. The van der Waals surface area contributed by atoms with Crippen LogP contribution in [0.4, 0.5) is 0 Å². The first-order chi connectivity index (χ1) is 13.1. The summed E-state index contributed by atoms with van der Waals surface area (Å²) in [5.74, 6) is -0.286. The molecule has 1 heterocycles. The van der Waals surface area contributed by atoms with Crippen LogP contribution >= 0.6 is 0 Å². The van der Waals surface area contributed by atoms with Crippen molar-refractivity contribution in [2.24, 2.45) is 0 Å². The van der Waals surface area contributed by atoms with Crippen molar-refractivity contribution in [1.82, 2.24) is 0 Å². The van der Waals surface area contributed by atoms with E-state index in [0.29, 0.717) is 18.2 Å². The maximum atomic E-state index is 11.6. The van der Waals surface area contributed by atoms with E-state index in [1.807, 2.05) is 6.07 Å². The molecule has 1 rings (SSSR count). The van der Waals surface area contributed by atoms with E-state index >= 15 is 0 Å². The summed E-state index contributed by atoms with van der Waals surface area (Å²) in [5, 5.41) is 0. The van der Waals surface area contributed by atoms with E-state index in [2.05, 4.69) is 42.6 Å². The van der Waals surface area contributed by atoms with Crippen molar-refractivity contribution in [1.29, 1.82) is 0 Å². The minimum atomic E-state index is -0.286. The molecule has 0 saturated heterocycles. The van der Waals surface area contributed by atoms with Crippen LogP contribution < -0.4 is 17.0 Å². The third-order valence-electron chi connectivity index (χ3n) is 5.08. The van der Waals surface area contributed by atoms with Gasteiger partial charge in [0.1, 0.15) is 0 Å². The maximum absolute atomic E-state index is 11.6. The fourth-order valence-electron chi connectivity index (χ4n) is 3.38. The monoisotopic (exact) mass is 409 g/mol. The van der Waals surface area contributed by atoms with Gasteiger partial charge in [0.05, 0.1) is 6.61 Å². The molecule has 1 aromatic heterocycles. The molecule has 1 unspecified atom stereocenters. The van der Waals surface area contributed by atoms with E-state index < -0.39 is 0 Å². The molecule has 0 spiro atoms. The molecule has 28 heavy (non-hydrogen) atoms. The lowest BCUT2D eigenvalue weighted by Gasteiger charge is -2.13. The normalized spacial score (nSPS) is 11.5. The Morgan fingerprint density at radius 2 is 1.43 bits per heavy atom. The molecule has 0 fully saturated rings. The smallest absolute Gasteiger partial charge is 0.333 e. The van der Waals surface area contributed by atoms with Gasteiger partial charge in [0.2, 0.25) is 0 Å². The number of aromatic nitrogens is 1. The molecular weight excluding hydrogens is 370 g/mol.